The number of rotatable bonds is 18. The Bertz CT molecular complexity index is 1270. The fourth-order valence-corrected chi connectivity index (χ4v) is 7.68. The Morgan fingerprint density at radius 2 is 1.57 bits per heavy atom. The molecule has 0 spiro atoms. The Labute approximate surface area is 293 Å². The molecule has 5 amide bonds. The van der Waals surface area contributed by atoms with Crippen LogP contribution in [-0.4, -0.2) is 116 Å². The van der Waals surface area contributed by atoms with Crippen LogP contribution in [0.4, 0.5) is 4.79 Å². The molecule has 2 rings (SSSR count). The van der Waals surface area contributed by atoms with Gasteiger partial charge in [-0.1, -0.05) is 66.4 Å². The summed E-state index contributed by atoms with van der Waals surface area (Å²) in [6, 6.07) is -3.98. The molecule has 1 aliphatic heterocycles. The van der Waals surface area contributed by atoms with Gasteiger partial charge in [0.05, 0.1) is 6.04 Å². The molecule has 49 heavy (non-hydrogen) atoms. The summed E-state index contributed by atoms with van der Waals surface area (Å²) in [4.78, 5) is 69.1. The second-order valence-corrected chi connectivity index (χ2v) is 16.5. The van der Waals surface area contributed by atoms with E-state index in [2.05, 4.69) is 27.8 Å². The fourth-order valence-electron chi connectivity index (χ4n) is 6.77. The number of nitrogens with zero attached hydrogens (tertiary/aromatic N) is 3. The Morgan fingerprint density at radius 1 is 0.939 bits per heavy atom. The lowest BCUT2D eigenvalue weighted by molar-refractivity contribution is -0.144. The van der Waals surface area contributed by atoms with Crippen LogP contribution in [0.25, 0.3) is 0 Å². The number of hydrogen-bond donors (Lipinski definition) is 4. The van der Waals surface area contributed by atoms with Gasteiger partial charge in [0.25, 0.3) is 16.1 Å². The Kier molecular flexibility index (Phi) is 16.7. The molecule has 1 heterocycles. The van der Waals surface area contributed by atoms with Crippen molar-refractivity contribution in [3.05, 3.63) is 12.7 Å². The van der Waals surface area contributed by atoms with E-state index in [0.717, 1.165) is 36.4 Å². The van der Waals surface area contributed by atoms with Gasteiger partial charge in [-0.15, -0.1) is 6.58 Å². The summed E-state index contributed by atoms with van der Waals surface area (Å²) in [7, 11) is 0.622. The van der Waals surface area contributed by atoms with Gasteiger partial charge in [-0.3, -0.25) is 19.2 Å². The second-order valence-electron chi connectivity index (χ2n) is 14.3. The number of carbonyl (C=O) groups is 5. The third-order valence-corrected chi connectivity index (χ3v) is 11.7. The summed E-state index contributed by atoms with van der Waals surface area (Å²) in [5.74, 6) is -2.85. The highest BCUT2D eigenvalue weighted by molar-refractivity contribution is 7.86. The molecule has 14 nitrogen and oxygen atoms in total. The first-order chi connectivity index (χ1) is 23.0. The van der Waals surface area contributed by atoms with Crippen molar-refractivity contribution < 1.29 is 32.4 Å². The molecule has 0 aromatic rings. The minimum Gasteiger partial charge on any atom is -0.346 e. The number of nitrogens with one attached hydrogen (secondary N) is 4. The smallest absolute Gasteiger partial charge is 0.315 e. The molecule has 2 aliphatic rings. The zero-order valence-corrected chi connectivity index (χ0v) is 31.6. The van der Waals surface area contributed by atoms with Gasteiger partial charge in [-0.25, -0.2) is 4.79 Å². The summed E-state index contributed by atoms with van der Waals surface area (Å²) in [5, 5.41) is 11.1. The standard InChI is InChI=1S/C34H61N7O7S/c1-10-15-26(30(42)32(44)35-19-11-2)36-31(43)29-25(22(3)4)18-20-41(29)33(45)28(24-16-13-12-14-17-24)38-34(46)37-27(23(5)6)21-40(9)49(47,48)39(7)8/h11,22-29H,2,10,12-21H2,1,3-9H3,(H,35,44)(H,36,43)(H2,37,38,46)/t25-,26?,27-,28+,29+/m1/s1. The van der Waals surface area contributed by atoms with Crippen molar-refractivity contribution >= 4 is 39.7 Å². The SMILES string of the molecule is C=CCNC(=O)C(=O)C(CCC)NC(=O)[C@@H]1[C@@H](C(C)C)CCN1C(=O)[C@@H](NC(=O)N[C@H](CN(C)S(=O)(=O)N(C)C)C(C)C)C1CCCCC1. The molecule has 15 heteroatoms. The molecule has 280 valence electrons. The third-order valence-electron chi connectivity index (χ3n) is 9.80. The van der Waals surface area contributed by atoms with Crippen LogP contribution in [0.2, 0.25) is 0 Å². The first kappa shape index (κ1) is 42.1. The van der Waals surface area contributed by atoms with E-state index in [1.807, 2.05) is 34.6 Å². The Morgan fingerprint density at radius 3 is 2.10 bits per heavy atom. The first-order valence-electron chi connectivity index (χ1n) is 17.7. The Balaban J connectivity index is 2.36. The zero-order chi connectivity index (χ0) is 37.1. The predicted molar refractivity (Wildman–Crippen MR) is 189 cm³/mol. The number of hydrogen-bond acceptors (Lipinski definition) is 7. The number of likely N-dealkylation sites (tertiary alicyclic amines) is 1. The molecule has 5 atom stereocenters. The van der Waals surface area contributed by atoms with Crippen LogP contribution in [-0.2, 0) is 29.4 Å². The number of amides is 5. The molecule has 0 aromatic heterocycles. The van der Waals surface area contributed by atoms with E-state index in [4.69, 9.17) is 0 Å². The minimum atomic E-state index is -3.71. The third kappa shape index (κ3) is 11.5. The molecular weight excluding hydrogens is 650 g/mol. The lowest BCUT2D eigenvalue weighted by Gasteiger charge is -2.37. The predicted octanol–water partition coefficient (Wildman–Crippen LogP) is 2.03. The quantitative estimate of drug-likeness (QED) is 0.124. The minimum absolute atomic E-state index is 0.0291. The van der Waals surface area contributed by atoms with Gasteiger partial charge in [0, 0.05) is 46.8 Å². The first-order valence-corrected chi connectivity index (χ1v) is 19.1. The average Bonchev–Trinajstić information content (AvgIpc) is 3.51. The van der Waals surface area contributed by atoms with Crippen LogP contribution in [0.3, 0.4) is 0 Å². The lowest BCUT2D eigenvalue weighted by Crippen LogP contribution is -2.61. The highest BCUT2D eigenvalue weighted by Gasteiger charge is 2.47. The van der Waals surface area contributed by atoms with Crippen LogP contribution in [0, 0.1) is 23.7 Å². The number of carbonyl (C=O) groups excluding carboxylic acids is 5. The molecule has 0 bridgehead atoms. The van der Waals surface area contributed by atoms with Crippen LogP contribution in [0.5, 0.6) is 0 Å². The van der Waals surface area contributed by atoms with E-state index >= 15 is 0 Å². The van der Waals surface area contributed by atoms with Gasteiger partial charge in [0.15, 0.2) is 0 Å². The molecule has 1 saturated carbocycles. The van der Waals surface area contributed by atoms with E-state index in [9.17, 15) is 32.4 Å². The monoisotopic (exact) mass is 711 g/mol. The normalized spacial score (nSPS) is 20.6. The van der Waals surface area contributed by atoms with Gasteiger partial charge in [-0.05, 0) is 49.4 Å². The van der Waals surface area contributed by atoms with E-state index in [-0.39, 0.29) is 49.1 Å². The number of Topliss-reactive ketones (excluding diaryl/α,β-unsaturated/α-hetero) is 1. The molecule has 4 N–H and O–H groups in total. The van der Waals surface area contributed by atoms with Crippen molar-refractivity contribution in [3.8, 4) is 0 Å². The molecule has 0 radical (unpaired) electrons. The van der Waals surface area contributed by atoms with E-state index in [0.29, 0.717) is 19.4 Å². The van der Waals surface area contributed by atoms with Gasteiger partial charge in [0.1, 0.15) is 12.1 Å². The van der Waals surface area contributed by atoms with E-state index < -0.39 is 58.0 Å². The van der Waals surface area contributed by atoms with Crippen LogP contribution >= 0.6 is 0 Å². The highest BCUT2D eigenvalue weighted by Crippen LogP contribution is 2.34. The van der Waals surface area contributed by atoms with Crippen molar-refractivity contribution in [1.82, 2.24) is 34.8 Å². The van der Waals surface area contributed by atoms with Gasteiger partial charge >= 0.3 is 6.03 Å². The van der Waals surface area contributed by atoms with Crippen molar-refractivity contribution in [3.63, 3.8) is 0 Å². The largest absolute Gasteiger partial charge is 0.346 e. The van der Waals surface area contributed by atoms with Crippen molar-refractivity contribution in [2.75, 3.05) is 40.8 Å². The molecule has 1 saturated heterocycles. The molecule has 0 aromatic carbocycles. The summed E-state index contributed by atoms with van der Waals surface area (Å²) >= 11 is 0. The molecular formula is C34H61N7O7S. The van der Waals surface area contributed by atoms with E-state index in [1.54, 1.807) is 4.90 Å². The van der Waals surface area contributed by atoms with Crippen molar-refractivity contribution in [2.45, 2.75) is 110 Å². The van der Waals surface area contributed by atoms with Crippen LogP contribution < -0.4 is 21.3 Å². The van der Waals surface area contributed by atoms with Crippen LogP contribution in [0.15, 0.2) is 12.7 Å². The summed E-state index contributed by atoms with van der Waals surface area (Å²) in [6.07, 6.45) is 7.15. The highest BCUT2D eigenvalue weighted by atomic mass is 32.2. The summed E-state index contributed by atoms with van der Waals surface area (Å²) < 4.78 is 27.6. The average molecular weight is 712 g/mol. The summed E-state index contributed by atoms with van der Waals surface area (Å²) in [5.41, 5.74) is 0. The molecule has 2 fully saturated rings. The lowest BCUT2D eigenvalue weighted by atomic mass is 9.83. The van der Waals surface area contributed by atoms with Gasteiger partial charge in [0.2, 0.25) is 17.6 Å². The number of likely N-dealkylation sites (N-methyl/N-ethyl adjacent to an activating group) is 1. The fraction of sp³-hybridized carbons (Fsp3) is 0.794. The Hall–Kier alpha value is -3.04. The van der Waals surface area contributed by atoms with Gasteiger partial charge < -0.3 is 26.2 Å². The zero-order valence-electron chi connectivity index (χ0n) is 30.8. The molecule has 1 unspecified atom stereocenters. The maximum atomic E-state index is 14.5. The maximum Gasteiger partial charge on any atom is 0.315 e. The molecule has 1 aliphatic carbocycles. The topological polar surface area (TPSA) is 177 Å². The van der Waals surface area contributed by atoms with Crippen molar-refractivity contribution in [1.29, 1.82) is 0 Å². The van der Waals surface area contributed by atoms with Crippen molar-refractivity contribution in [2.24, 2.45) is 23.7 Å². The number of ketones is 1. The summed E-state index contributed by atoms with van der Waals surface area (Å²) in [6.45, 7) is 13.6. The van der Waals surface area contributed by atoms with E-state index in [1.165, 1.54) is 31.5 Å². The van der Waals surface area contributed by atoms with Crippen LogP contribution in [0.1, 0.15) is 86.0 Å². The second kappa shape index (κ2) is 19.4. The number of urea groups is 1. The maximum absolute atomic E-state index is 14.5. The van der Waals surface area contributed by atoms with Gasteiger partial charge in [-0.2, -0.15) is 17.0 Å².